The summed E-state index contributed by atoms with van der Waals surface area (Å²) in [6, 6.07) is 3.87. The fraction of sp³-hybridized carbons (Fsp3) is 0.647. The maximum absolute atomic E-state index is 12.3. The Bertz CT molecular complexity index is 458. The highest BCUT2D eigenvalue weighted by atomic mass is 35.5. The summed E-state index contributed by atoms with van der Waals surface area (Å²) in [6.45, 7) is 4.22. The number of nitrogens with zero attached hydrogens (tertiary/aromatic N) is 2. The number of nitrogens with one attached hydrogen (secondary N) is 1. The van der Waals surface area contributed by atoms with Gasteiger partial charge in [-0.2, -0.15) is 0 Å². The molecule has 0 aliphatic carbocycles. The Morgan fingerprint density at radius 1 is 1.13 bits per heavy atom. The van der Waals surface area contributed by atoms with Crippen molar-refractivity contribution in [1.82, 2.24) is 15.2 Å². The Labute approximate surface area is 151 Å². The number of likely N-dealkylation sites (tertiary alicyclic amines) is 1. The Kier molecular flexibility index (Phi) is 8.88. The Balaban J connectivity index is 0.00000132. The van der Waals surface area contributed by atoms with Gasteiger partial charge in [0.15, 0.2) is 0 Å². The van der Waals surface area contributed by atoms with Crippen LogP contribution in [0, 0.1) is 11.8 Å². The summed E-state index contributed by atoms with van der Waals surface area (Å²) >= 11 is 0. The van der Waals surface area contributed by atoms with Crippen LogP contribution in [-0.2, 0) is 11.2 Å². The largest absolute Gasteiger partial charge is 0.342 e. The van der Waals surface area contributed by atoms with E-state index in [2.05, 4.69) is 10.3 Å². The highest BCUT2D eigenvalue weighted by Gasteiger charge is 2.29. The van der Waals surface area contributed by atoms with Crippen molar-refractivity contribution in [3.63, 3.8) is 0 Å². The predicted molar refractivity (Wildman–Crippen MR) is 97.3 cm³/mol. The second-order valence-electron chi connectivity index (χ2n) is 6.34. The van der Waals surface area contributed by atoms with Crippen LogP contribution in [-0.4, -0.2) is 42.0 Å². The van der Waals surface area contributed by atoms with E-state index in [0.717, 1.165) is 30.5 Å². The van der Waals surface area contributed by atoms with Crippen molar-refractivity contribution in [1.29, 1.82) is 0 Å². The van der Waals surface area contributed by atoms with E-state index in [9.17, 15) is 4.79 Å². The van der Waals surface area contributed by atoms with E-state index >= 15 is 0 Å². The highest BCUT2D eigenvalue weighted by Crippen LogP contribution is 2.30. The third-order valence-corrected chi connectivity index (χ3v) is 5.02. The van der Waals surface area contributed by atoms with E-state index in [1.807, 2.05) is 17.0 Å². The van der Waals surface area contributed by atoms with Crippen LogP contribution in [0.1, 0.15) is 31.2 Å². The summed E-state index contributed by atoms with van der Waals surface area (Å²) < 4.78 is 0. The van der Waals surface area contributed by atoms with Gasteiger partial charge in [-0.05, 0) is 62.2 Å². The summed E-state index contributed by atoms with van der Waals surface area (Å²) in [7, 11) is 0. The van der Waals surface area contributed by atoms with Crippen molar-refractivity contribution >= 4 is 30.7 Å². The number of carbonyl (C=O) groups is 1. The van der Waals surface area contributed by atoms with E-state index in [1.165, 1.54) is 38.8 Å². The normalized spacial score (nSPS) is 19.6. The molecule has 1 N–H and O–H groups in total. The highest BCUT2D eigenvalue weighted by molar-refractivity contribution is 5.85. The standard InChI is InChI=1S/C17H25N3O.2ClH/c21-17(12-14-2-1-7-19-13-14)20-10-5-16(6-11-20)15-3-8-18-9-4-15;;/h1-2,7,13,15-16,18H,3-6,8-12H2;2*1H. The maximum atomic E-state index is 12.3. The zero-order chi connectivity index (χ0) is 14.5. The van der Waals surface area contributed by atoms with Gasteiger partial charge in [-0.1, -0.05) is 6.07 Å². The number of halogens is 2. The van der Waals surface area contributed by atoms with Gasteiger partial charge in [-0.25, -0.2) is 0 Å². The lowest BCUT2D eigenvalue weighted by molar-refractivity contribution is -0.132. The van der Waals surface area contributed by atoms with Gasteiger partial charge >= 0.3 is 0 Å². The molecule has 0 spiro atoms. The van der Waals surface area contributed by atoms with Gasteiger partial charge < -0.3 is 10.2 Å². The topological polar surface area (TPSA) is 45.2 Å². The average molecular weight is 360 g/mol. The second-order valence-corrected chi connectivity index (χ2v) is 6.34. The van der Waals surface area contributed by atoms with Crippen LogP contribution in [0.3, 0.4) is 0 Å². The van der Waals surface area contributed by atoms with Crippen LogP contribution < -0.4 is 5.32 Å². The summed E-state index contributed by atoms with van der Waals surface area (Å²) in [6.07, 6.45) is 9.03. The molecule has 130 valence electrons. The van der Waals surface area contributed by atoms with E-state index in [0.29, 0.717) is 6.42 Å². The summed E-state index contributed by atoms with van der Waals surface area (Å²) in [5.41, 5.74) is 1.02. The van der Waals surface area contributed by atoms with Crippen LogP contribution >= 0.6 is 24.8 Å². The van der Waals surface area contributed by atoms with Crippen molar-refractivity contribution in [3.8, 4) is 0 Å². The quantitative estimate of drug-likeness (QED) is 0.902. The van der Waals surface area contributed by atoms with E-state index in [4.69, 9.17) is 0 Å². The Hall–Kier alpha value is -0.840. The minimum atomic E-state index is 0. The molecule has 1 aromatic heterocycles. The van der Waals surface area contributed by atoms with Gasteiger partial charge in [0.2, 0.25) is 5.91 Å². The number of rotatable bonds is 3. The van der Waals surface area contributed by atoms with Gasteiger partial charge in [0.25, 0.3) is 0 Å². The lowest BCUT2D eigenvalue weighted by Gasteiger charge is -2.37. The van der Waals surface area contributed by atoms with Crippen molar-refractivity contribution < 1.29 is 4.79 Å². The fourth-order valence-electron chi connectivity index (χ4n) is 3.73. The number of carbonyl (C=O) groups excluding carboxylic acids is 1. The van der Waals surface area contributed by atoms with Gasteiger partial charge in [-0.15, -0.1) is 24.8 Å². The number of hydrogen-bond acceptors (Lipinski definition) is 3. The molecule has 2 aliphatic rings. The molecule has 3 rings (SSSR count). The van der Waals surface area contributed by atoms with E-state index in [1.54, 1.807) is 12.4 Å². The monoisotopic (exact) mass is 359 g/mol. The molecule has 0 unspecified atom stereocenters. The second kappa shape index (κ2) is 10.1. The zero-order valence-corrected chi connectivity index (χ0v) is 15.1. The minimum Gasteiger partial charge on any atom is -0.342 e. The van der Waals surface area contributed by atoms with Crippen LogP contribution in [0.5, 0.6) is 0 Å². The molecule has 0 radical (unpaired) electrons. The maximum Gasteiger partial charge on any atom is 0.227 e. The molecule has 1 aromatic rings. The SMILES string of the molecule is Cl.Cl.O=C(Cc1cccnc1)N1CCC(C2CCNCC2)CC1. The molecule has 0 aromatic carbocycles. The first-order valence-electron chi connectivity index (χ1n) is 8.20. The molecule has 2 aliphatic heterocycles. The van der Waals surface area contributed by atoms with Gasteiger partial charge in [0, 0.05) is 25.5 Å². The lowest BCUT2D eigenvalue weighted by atomic mass is 9.79. The molecule has 1 amide bonds. The smallest absolute Gasteiger partial charge is 0.227 e. The molecular formula is C17H27Cl2N3O. The van der Waals surface area contributed by atoms with Gasteiger partial charge in [0.1, 0.15) is 0 Å². The molecule has 6 heteroatoms. The van der Waals surface area contributed by atoms with Crippen molar-refractivity contribution in [3.05, 3.63) is 30.1 Å². The molecule has 4 nitrogen and oxygen atoms in total. The van der Waals surface area contributed by atoms with Gasteiger partial charge in [-0.3, -0.25) is 9.78 Å². The van der Waals surface area contributed by atoms with Crippen LogP contribution in [0.2, 0.25) is 0 Å². The zero-order valence-electron chi connectivity index (χ0n) is 13.4. The molecule has 0 saturated carbocycles. The van der Waals surface area contributed by atoms with E-state index in [-0.39, 0.29) is 30.7 Å². The number of amides is 1. The predicted octanol–water partition coefficient (Wildman–Crippen LogP) is 2.71. The molecule has 2 fully saturated rings. The molecule has 0 atom stereocenters. The molecule has 2 saturated heterocycles. The fourth-order valence-corrected chi connectivity index (χ4v) is 3.73. The molecule has 3 heterocycles. The first-order chi connectivity index (χ1) is 10.3. The number of aromatic nitrogens is 1. The van der Waals surface area contributed by atoms with Crippen molar-refractivity contribution in [2.75, 3.05) is 26.2 Å². The number of pyridine rings is 1. The lowest BCUT2D eigenvalue weighted by Crippen LogP contribution is -2.42. The van der Waals surface area contributed by atoms with Crippen LogP contribution in [0.15, 0.2) is 24.5 Å². The summed E-state index contributed by atoms with van der Waals surface area (Å²) in [5, 5.41) is 3.44. The number of piperidine rings is 2. The number of hydrogen-bond donors (Lipinski definition) is 1. The summed E-state index contributed by atoms with van der Waals surface area (Å²) in [5.74, 6) is 1.96. The third kappa shape index (κ3) is 5.63. The summed E-state index contributed by atoms with van der Waals surface area (Å²) in [4.78, 5) is 18.5. The van der Waals surface area contributed by atoms with Crippen LogP contribution in [0.25, 0.3) is 0 Å². The molecule has 0 bridgehead atoms. The Morgan fingerprint density at radius 3 is 2.39 bits per heavy atom. The average Bonchev–Trinajstić information content (AvgIpc) is 2.57. The van der Waals surface area contributed by atoms with Crippen molar-refractivity contribution in [2.45, 2.75) is 32.1 Å². The van der Waals surface area contributed by atoms with Crippen molar-refractivity contribution in [2.24, 2.45) is 11.8 Å². The first kappa shape index (κ1) is 20.2. The minimum absolute atomic E-state index is 0. The van der Waals surface area contributed by atoms with E-state index < -0.39 is 0 Å². The van der Waals surface area contributed by atoms with Crippen LogP contribution in [0.4, 0.5) is 0 Å². The molecule has 23 heavy (non-hydrogen) atoms. The third-order valence-electron chi connectivity index (χ3n) is 5.02. The first-order valence-corrected chi connectivity index (χ1v) is 8.20. The Morgan fingerprint density at radius 2 is 1.78 bits per heavy atom. The van der Waals surface area contributed by atoms with Gasteiger partial charge in [0.05, 0.1) is 6.42 Å². The molecular weight excluding hydrogens is 333 g/mol.